The summed E-state index contributed by atoms with van der Waals surface area (Å²) < 4.78 is 5.13. The van der Waals surface area contributed by atoms with Gasteiger partial charge in [0, 0.05) is 6.42 Å². The van der Waals surface area contributed by atoms with E-state index in [1.807, 2.05) is 19.1 Å². The first-order valence-corrected chi connectivity index (χ1v) is 4.26. The van der Waals surface area contributed by atoms with E-state index in [-0.39, 0.29) is 5.57 Å². The fourth-order valence-corrected chi connectivity index (χ4v) is 1.19. The van der Waals surface area contributed by atoms with Crippen LogP contribution in [0.25, 0.3) is 0 Å². The molecule has 0 radical (unpaired) electrons. The molecule has 0 bridgehead atoms. The minimum Gasteiger partial charge on any atom is -0.478 e. The quantitative estimate of drug-likeness (QED) is 0.746. The molecule has 0 atom stereocenters. The van der Waals surface area contributed by atoms with Gasteiger partial charge >= 0.3 is 5.97 Å². The van der Waals surface area contributed by atoms with Gasteiger partial charge in [0.25, 0.3) is 0 Å². The molecule has 0 aliphatic carbocycles. The van der Waals surface area contributed by atoms with Crippen LogP contribution in [0.2, 0.25) is 0 Å². The zero-order valence-corrected chi connectivity index (χ0v) is 7.99. The van der Waals surface area contributed by atoms with E-state index >= 15 is 0 Å². The monoisotopic (exact) mass is 192 g/mol. The Morgan fingerprint density at radius 1 is 1.71 bits per heavy atom. The van der Waals surface area contributed by atoms with Crippen LogP contribution in [-0.2, 0) is 9.53 Å². The molecule has 14 heavy (non-hydrogen) atoms. The Hall–Kier alpha value is -1.77. The summed E-state index contributed by atoms with van der Waals surface area (Å²) in [6.07, 6.45) is 6.87. The molecule has 0 aromatic rings. The van der Waals surface area contributed by atoms with Crippen molar-refractivity contribution in [2.75, 3.05) is 0 Å². The number of carboxylic acids is 1. The highest BCUT2D eigenvalue weighted by Crippen LogP contribution is 2.24. The number of ether oxygens (including phenoxy) is 1. The lowest BCUT2D eigenvalue weighted by Crippen LogP contribution is -2.07. The highest BCUT2D eigenvalue weighted by molar-refractivity contribution is 5.87. The molecule has 1 rings (SSSR count). The normalized spacial score (nSPS) is 16.5. The molecule has 0 spiro atoms. The number of hydrogen-bond donors (Lipinski definition) is 1. The van der Waals surface area contributed by atoms with Crippen molar-refractivity contribution in [3.8, 4) is 0 Å². The molecule has 74 valence electrons. The maximum Gasteiger partial charge on any atom is 0.335 e. The molecule has 1 aliphatic rings. The van der Waals surface area contributed by atoms with E-state index in [2.05, 4.69) is 6.58 Å². The van der Waals surface area contributed by atoms with Crippen molar-refractivity contribution >= 4 is 5.97 Å². The van der Waals surface area contributed by atoms with Gasteiger partial charge in [0.2, 0.25) is 0 Å². The molecule has 0 saturated heterocycles. The van der Waals surface area contributed by atoms with E-state index in [4.69, 9.17) is 9.84 Å². The fourth-order valence-electron chi connectivity index (χ4n) is 1.19. The number of aliphatic carboxylic acids is 1. The molecule has 1 heterocycles. The first-order chi connectivity index (χ1) is 6.69. The van der Waals surface area contributed by atoms with Crippen molar-refractivity contribution in [2.45, 2.75) is 13.3 Å². The first-order valence-electron chi connectivity index (χ1n) is 4.26. The molecule has 0 amide bonds. The van der Waals surface area contributed by atoms with Gasteiger partial charge in [0.05, 0.1) is 5.57 Å². The molecule has 0 saturated carbocycles. The van der Waals surface area contributed by atoms with Crippen molar-refractivity contribution in [2.24, 2.45) is 0 Å². The highest BCUT2D eigenvalue weighted by Gasteiger charge is 2.16. The van der Waals surface area contributed by atoms with Crippen molar-refractivity contribution in [3.05, 3.63) is 48.0 Å². The van der Waals surface area contributed by atoms with Crippen LogP contribution >= 0.6 is 0 Å². The predicted octanol–water partition coefficient (Wildman–Crippen LogP) is 2.39. The van der Waals surface area contributed by atoms with Crippen molar-refractivity contribution in [3.63, 3.8) is 0 Å². The van der Waals surface area contributed by atoms with Gasteiger partial charge in [-0.2, -0.15) is 0 Å². The third-order valence-electron chi connectivity index (χ3n) is 1.85. The Balaban J connectivity index is 2.92. The van der Waals surface area contributed by atoms with Gasteiger partial charge < -0.3 is 9.84 Å². The SMILES string of the molecule is C=CC1=C(/C=C\C)CC(C(=O)O)=CO1. The van der Waals surface area contributed by atoms with E-state index in [0.717, 1.165) is 5.57 Å². The largest absolute Gasteiger partial charge is 0.478 e. The summed E-state index contributed by atoms with van der Waals surface area (Å²) in [7, 11) is 0. The Kier molecular flexibility index (Phi) is 3.29. The van der Waals surface area contributed by atoms with Crippen molar-refractivity contribution in [1.82, 2.24) is 0 Å². The summed E-state index contributed by atoms with van der Waals surface area (Å²) in [6, 6.07) is 0. The van der Waals surface area contributed by atoms with Gasteiger partial charge in [-0.15, -0.1) is 0 Å². The average Bonchev–Trinajstić information content (AvgIpc) is 2.18. The summed E-state index contributed by atoms with van der Waals surface area (Å²) in [6.45, 7) is 5.46. The molecule has 0 fully saturated rings. The van der Waals surface area contributed by atoms with Gasteiger partial charge in [-0.25, -0.2) is 4.79 Å². The Bertz CT molecular complexity index is 346. The Morgan fingerprint density at radius 2 is 2.43 bits per heavy atom. The zero-order valence-electron chi connectivity index (χ0n) is 7.99. The van der Waals surface area contributed by atoms with E-state index in [1.165, 1.54) is 6.26 Å². The lowest BCUT2D eigenvalue weighted by Gasteiger charge is -2.14. The molecule has 0 aromatic carbocycles. The van der Waals surface area contributed by atoms with Crippen LogP contribution < -0.4 is 0 Å². The van der Waals surface area contributed by atoms with E-state index in [1.54, 1.807) is 6.08 Å². The van der Waals surface area contributed by atoms with E-state index in [9.17, 15) is 4.79 Å². The van der Waals surface area contributed by atoms with Crippen LogP contribution in [0, 0.1) is 0 Å². The molecular weight excluding hydrogens is 180 g/mol. The summed E-state index contributed by atoms with van der Waals surface area (Å²) in [4.78, 5) is 10.7. The smallest absolute Gasteiger partial charge is 0.335 e. The van der Waals surface area contributed by atoms with Gasteiger partial charge in [-0.05, 0) is 18.6 Å². The third kappa shape index (κ3) is 2.13. The van der Waals surface area contributed by atoms with Gasteiger partial charge in [0.1, 0.15) is 12.0 Å². The van der Waals surface area contributed by atoms with Crippen LogP contribution in [-0.4, -0.2) is 11.1 Å². The standard InChI is InChI=1S/C11H12O3/c1-3-5-8-6-9(11(12)13)7-14-10(8)4-2/h3-5,7H,2,6H2,1H3,(H,12,13)/b5-3-. The predicted molar refractivity (Wildman–Crippen MR) is 53.5 cm³/mol. The number of hydrogen-bond acceptors (Lipinski definition) is 2. The molecule has 1 N–H and O–H groups in total. The van der Waals surface area contributed by atoms with Crippen LogP contribution in [0.4, 0.5) is 0 Å². The molecule has 3 heteroatoms. The second-order valence-electron chi connectivity index (χ2n) is 2.84. The van der Waals surface area contributed by atoms with E-state index in [0.29, 0.717) is 12.2 Å². The number of carbonyl (C=O) groups is 1. The van der Waals surface area contributed by atoms with Gasteiger partial charge in [-0.1, -0.05) is 18.7 Å². The number of carboxylic acid groups (broad SMARTS) is 1. The maximum absolute atomic E-state index is 10.7. The lowest BCUT2D eigenvalue weighted by atomic mass is 10.0. The second kappa shape index (κ2) is 4.46. The van der Waals surface area contributed by atoms with Crippen LogP contribution in [0.5, 0.6) is 0 Å². The summed E-state index contributed by atoms with van der Waals surface area (Å²) >= 11 is 0. The first kappa shape index (κ1) is 10.3. The molecule has 3 nitrogen and oxygen atoms in total. The lowest BCUT2D eigenvalue weighted by molar-refractivity contribution is -0.132. The van der Waals surface area contributed by atoms with Crippen molar-refractivity contribution < 1.29 is 14.6 Å². The number of allylic oxidation sites excluding steroid dienone is 4. The highest BCUT2D eigenvalue weighted by atomic mass is 16.5. The van der Waals surface area contributed by atoms with Crippen LogP contribution in [0.3, 0.4) is 0 Å². The molecular formula is C11H12O3. The summed E-state index contributed by atoms with van der Waals surface area (Å²) in [5.74, 6) is -0.330. The number of rotatable bonds is 3. The third-order valence-corrected chi connectivity index (χ3v) is 1.85. The molecule has 0 unspecified atom stereocenters. The topological polar surface area (TPSA) is 46.5 Å². The summed E-state index contributed by atoms with van der Waals surface area (Å²) in [5, 5.41) is 8.76. The Morgan fingerprint density at radius 3 is 2.93 bits per heavy atom. The zero-order chi connectivity index (χ0) is 10.6. The molecule has 1 aliphatic heterocycles. The minimum atomic E-state index is -0.949. The van der Waals surface area contributed by atoms with Gasteiger partial charge in [-0.3, -0.25) is 0 Å². The average molecular weight is 192 g/mol. The van der Waals surface area contributed by atoms with E-state index < -0.39 is 5.97 Å². The van der Waals surface area contributed by atoms with Crippen LogP contribution in [0.1, 0.15) is 13.3 Å². The molecule has 0 aromatic heterocycles. The minimum absolute atomic E-state index is 0.253. The van der Waals surface area contributed by atoms with Gasteiger partial charge in [0.15, 0.2) is 0 Å². The summed E-state index contributed by atoms with van der Waals surface area (Å²) in [5.41, 5.74) is 1.09. The van der Waals surface area contributed by atoms with Crippen LogP contribution in [0.15, 0.2) is 48.0 Å². The maximum atomic E-state index is 10.7. The van der Waals surface area contributed by atoms with Crippen molar-refractivity contribution in [1.29, 1.82) is 0 Å². The Labute approximate surface area is 82.7 Å². The second-order valence-corrected chi connectivity index (χ2v) is 2.84. The fraction of sp³-hybridized carbons (Fsp3) is 0.182.